The third-order valence-electron chi connectivity index (χ3n) is 3.04. The van der Waals surface area contributed by atoms with Gasteiger partial charge in [0.15, 0.2) is 0 Å². The fourth-order valence-electron chi connectivity index (χ4n) is 1.93. The van der Waals surface area contributed by atoms with E-state index in [9.17, 15) is 18.0 Å². The van der Waals surface area contributed by atoms with Crippen molar-refractivity contribution in [3.05, 3.63) is 53.9 Å². The summed E-state index contributed by atoms with van der Waals surface area (Å²) in [6, 6.07) is 8.16. The summed E-state index contributed by atoms with van der Waals surface area (Å²) >= 11 is 0. The minimum atomic E-state index is -4.45. The zero-order valence-electron chi connectivity index (χ0n) is 12.4. The predicted octanol–water partition coefficient (Wildman–Crippen LogP) is 3.98. The number of nitrogens with one attached hydrogen (secondary N) is 2. The van der Waals surface area contributed by atoms with E-state index in [1.807, 2.05) is 6.92 Å². The fraction of sp³-hybridized carbons (Fsp3) is 0.250. The molecular formula is C16H16F3N3O. The van der Waals surface area contributed by atoms with E-state index in [2.05, 4.69) is 15.6 Å². The maximum atomic E-state index is 12.9. The van der Waals surface area contributed by atoms with Gasteiger partial charge in [-0.2, -0.15) is 13.2 Å². The van der Waals surface area contributed by atoms with Crippen molar-refractivity contribution in [3.63, 3.8) is 0 Å². The molecule has 0 spiro atoms. The molecule has 7 heteroatoms. The molecule has 0 bridgehead atoms. The van der Waals surface area contributed by atoms with Crippen molar-refractivity contribution in [1.82, 2.24) is 10.3 Å². The van der Waals surface area contributed by atoms with Crippen LogP contribution in [0.2, 0.25) is 0 Å². The normalized spacial score (nSPS) is 11.1. The SMILES string of the molecule is CCCNC(=O)c1ccc(Nc2ccccc2C(F)(F)F)cn1. The van der Waals surface area contributed by atoms with E-state index >= 15 is 0 Å². The first-order valence-electron chi connectivity index (χ1n) is 7.09. The number of carbonyl (C=O) groups is 1. The zero-order chi connectivity index (χ0) is 16.9. The number of rotatable bonds is 5. The lowest BCUT2D eigenvalue weighted by atomic mass is 10.1. The molecule has 2 N–H and O–H groups in total. The second kappa shape index (κ2) is 7.13. The van der Waals surface area contributed by atoms with Crippen LogP contribution in [0, 0.1) is 0 Å². The summed E-state index contributed by atoms with van der Waals surface area (Å²) in [4.78, 5) is 15.7. The highest BCUT2D eigenvalue weighted by molar-refractivity contribution is 5.92. The van der Waals surface area contributed by atoms with Crippen molar-refractivity contribution in [1.29, 1.82) is 0 Å². The molecule has 2 aromatic rings. The van der Waals surface area contributed by atoms with Crippen LogP contribution >= 0.6 is 0 Å². The summed E-state index contributed by atoms with van der Waals surface area (Å²) in [6.45, 7) is 2.47. The second-order valence-corrected chi connectivity index (χ2v) is 4.86. The first-order valence-corrected chi connectivity index (χ1v) is 7.09. The number of hydrogen-bond acceptors (Lipinski definition) is 3. The number of carbonyl (C=O) groups excluding carboxylic acids is 1. The topological polar surface area (TPSA) is 54.0 Å². The average Bonchev–Trinajstić information content (AvgIpc) is 2.53. The third-order valence-corrected chi connectivity index (χ3v) is 3.04. The summed E-state index contributed by atoms with van der Waals surface area (Å²) < 4.78 is 38.8. The molecule has 1 aromatic heterocycles. The molecule has 1 aromatic carbocycles. The van der Waals surface area contributed by atoms with Crippen LogP contribution in [0.3, 0.4) is 0 Å². The van der Waals surface area contributed by atoms with E-state index in [4.69, 9.17) is 0 Å². The standard InChI is InChI=1S/C16H16F3N3O/c1-2-9-20-15(23)14-8-7-11(10-21-14)22-13-6-4-3-5-12(13)16(17,18)19/h3-8,10,22H,2,9H2,1H3,(H,20,23). The molecule has 122 valence electrons. The molecule has 1 amide bonds. The molecule has 0 unspecified atom stereocenters. The Labute approximate surface area is 131 Å². The number of aromatic nitrogens is 1. The van der Waals surface area contributed by atoms with Crippen LogP contribution in [0.15, 0.2) is 42.6 Å². The maximum absolute atomic E-state index is 12.9. The van der Waals surface area contributed by atoms with Crippen molar-refractivity contribution < 1.29 is 18.0 Å². The van der Waals surface area contributed by atoms with Crippen LogP contribution in [-0.2, 0) is 6.18 Å². The Balaban J connectivity index is 2.15. The van der Waals surface area contributed by atoms with E-state index in [-0.39, 0.29) is 17.3 Å². The van der Waals surface area contributed by atoms with Gasteiger partial charge < -0.3 is 10.6 Å². The Morgan fingerprint density at radius 1 is 1.17 bits per heavy atom. The lowest BCUT2D eigenvalue weighted by Crippen LogP contribution is -2.24. The summed E-state index contributed by atoms with van der Waals surface area (Å²) in [6.07, 6.45) is -2.31. The summed E-state index contributed by atoms with van der Waals surface area (Å²) in [5, 5.41) is 5.35. The number of alkyl halides is 3. The first-order chi connectivity index (χ1) is 10.9. The molecule has 0 fully saturated rings. The van der Waals surface area contributed by atoms with Crippen molar-refractivity contribution in [2.45, 2.75) is 19.5 Å². The molecule has 0 saturated heterocycles. The van der Waals surface area contributed by atoms with Crippen molar-refractivity contribution >= 4 is 17.3 Å². The number of para-hydroxylation sites is 1. The second-order valence-electron chi connectivity index (χ2n) is 4.86. The van der Waals surface area contributed by atoms with E-state index < -0.39 is 11.7 Å². The number of pyridine rings is 1. The lowest BCUT2D eigenvalue weighted by Gasteiger charge is -2.14. The van der Waals surface area contributed by atoms with Crippen molar-refractivity contribution in [3.8, 4) is 0 Å². The van der Waals surface area contributed by atoms with Gasteiger partial charge in [-0.3, -0.25) is 4.79 Å². The van der Waals surface area contributed by atoms with E-state index in [1.165, 1.54) is 36.5 Å². The highest BCUT2D eigenvalue weighted by Crippen LogP contribution is 2.35. The van der Waals surface area contributed by atoms with Gasteiger partial charge in [0, 0.05) is 6.54 Å². The molecule has 23 heavy (non-hydrogen) atoms. The Morgan fingerprint density at radius 3 is 2.52 bits per heavy atom. The number of nitrogens with zero attached hydrogens (tertiary/aromatic N) is 1. The van der Waals surface area contributed by atoms with Crippen molar-refractivity contribution in [2.75, 3.05) is 11.9 Å². The van der Waals surface area contributed by atoms with Gasteiger partial charge in [0.2, 0.25) is 0 Å². The molecule has 0 saturated carbocycles. The minimum Gasteiger partial charge on any atom is -0.354 e. The molecular weight excluding hydrogens is 307 g/mol. The van der Waals surface area contributed by atoms with Gasteiger partial charge in [-0.25, -0.2) is 4.98 Å². The van der Waals surface area contributed by atoms with Crippen LogP contribution < -0.4 is 10.6 Å². The van der Waals surface area contributed by atoms with Crippen molar-refractivity contribution in [2.24, 2.45) is 0 Å². The van der Waals surface area contributed by atoms with Gasteiger partial charge in [0.25, 0.3) is 5.91 Å². The van der Waals surface area contributed by atoms with E-state index in [1.54, 1.807) is 0 Å². The number of hydrogen-bond donors (Lipinski definition) is 2. The van der Waals surface area contributed by atoms with E-state index in [0.717, 1.165) is 12.5 Å². The highest BCUT2D eigenvalue weighted by atomic mass is 19.4. The van der Waals surface area contributed by atoms with Crippen LogP contribution in [0.5, 0.6) is 0 Å². The van der Waals surface area contributed by atoms with Gasteiger partial charge in [-0.05, 0) is 30.7 Å². The number of benzene rings is 1. The van der Waals surface area contributed by atoms with E-state index in [0.29, 0.717) is 12.2 Å². The Kier molecular flexibility index (Phi) is 5.20. The van der Waals surface area contributed by atoms with Crippen LogP contribution in [-0.4, -0.2) is 17.4 Å². The minimum absolute atomic E-state index is 0.0648. The number of amides is 1. The van der Waals surface area contributed by atoms with Gasteiger partial charge in [-0.1, -0.05) is 19.1 Å². The van der Waals surface area contributed by atoms with Crippen LogP contribution in [0.4, 0.5) is 24.5 Å². The van der Waals surface area contributed by atoms with Crippen LogP contribution in [0.25, 0.3) is 0 Å². The number of anilines is 2. The van der Waals surface area contributed by atoms with Crippen LogP contribution in [0.1, 0.15) is 29.4 Å². The quantitative estimate of drug-likeness (QED) is 0.875. The number of halogens is 3. The lowest BCUT2D eigenvalue weighted by molar-refractivity contribution is -0.136. The Hall–Kier alpha value is -2.57. The first kappa shape index (κ1) is 16.8. The van der Waals surface area contributed by atoms with Gasteiger partial charge in [0.05, 0.1) is 23.1 Å². The molecule has 2 rings (SSSR count). The predicted molar refractivity (Wildman–Crippen MR) is 81.6 cm³/mol. The van der Waals surface area contributed by atoms with Gasteiger partial charge in [-0.15, -0.1) is 0 Å². The molecule has 0 atom stereocenters. The largest absolute Gasteiger partial charge is 0.418 e. The monoisotopic (exact) mass is 323 g/mol. The smallest absolute Gasteiger partial charge is 0.354 e. The molecule has 4 nitrogen and oxygen atoms in total. The van der Waals surface area contributed by atoms with Gasteiger partial charge in [0.1, 0.15) is 5.69 Å². The average molecular weight is 323 g/mol. The third kappa shape index (κ3) is 4.45. The summed E-state index contributed by atoms with van der Waals surface area (Å²) in [5.41, 5.74) is -0.239. The zero-order valence-corrected chi connectivity index (χ0v) is 12.4. The Morgan fingerprint density at radius 2 is 1.91 bits per heavy atom. The molecule has 0 radical (unpaired) electrons. The summed E-state index contributed by atoms with van der Waals surface area (Å²) in [7, 11) is 0. The Bertz CT molecular complexity index is 669. The maximum Gasteiger partial charge on any atom is 0.418 e. The molecule has 0 aliphatic heterocycles. The summed E-state index contributed by atoms with van der Waals surface area (Å²) in [5.74, 6) is -0.311. The molecule has 0 aliphatic rings. The fourth-order valence-corrected chi connectivity index (χ4v) is 1.93. The molecule has 1 heterocycles. The highest BCUT2D eigenvalue weighted by Gasteiger charge is 2.33. The molecule has 0 aliphatic carbocycles. The van der Waals surface area contributed by atoms with Gasteiger partial charge >= 0.3 is 6.18 Å².